The van der Waals surface area contributed by atoms with Crippen LogP contribution < -0.4 is 0 Å². The lowest BCUT2D eigenvalue weighted by Crippen LogP contribution is -2.66. The highest BCUT2D eigenvalue weighted by molar-refractivity contribution is 5.98. The van der Waals surface area contributed by atoms with Gasteiger partial charge in [-0.2, -0.15) is 0 Å². The Bertz CT molecular complexity index is 1440. The summed E-state index contributed by atoms with van der Waals surface area (Å²) in [7, 11) is 0. The summed E-state index contributed by atoms with van der Waals surface area (Å²) in [6.45, 7) is 2.26. The molecule has 0 heterocycles. The number of hydrogen-bond donors (Lipinski definition) is 2. The van der Waals surface area contributed by atoms with Crippen LogP contribution in [0.1, 0.15) is 110 Å². The molecule has 45 heavy (non-hydrogen) atoms. The minimum Gasteiger partial charge on any atom is -0.393 e. The molecular weight excluding hydrogens is 564 g/mol. The van der Waals surface area contributed by atoms with Gasteiger partial charge in [0.05, 0.1) is 6.10 Å². The minimum atomic E-state index is -1.34. The topological polar surface area (TPSA) is 109 Å². The molecule has 0 aromatic carbocycles. The lowest BCUT2D eigenvalue weighted by Gasteiger charge is -2.65. The van der Waals surface area contributed by atoms with Crippen LogP contribution >= 0.6 is 0 Å². The standard InChI is InChI=1S/C39H50O6/c1-37-14-12-23(41)17-21(37)3-6-28-29-10-11-31-36(44)32(38(29,31)19-33(42)35(28)37)18-34(43)39(45)15-13-27-26-5-2-20-16-22(40)4-7-24(20)25(26)8-9-30(27)39/h16-17,24-33,35,42,45H,2-15,18-19H2,1H3/t24?,25?,26?,27?,28?,29?,30?,31?,32?,33-,35?,37-,38+,39+/m0/s1. The van der Waals surface area contributed by atoms with E-state index in [-0.39, 0.29) is 64.1 Å². The molecule has 9 rings (SSSR count). The number of allylic oxidation sites excluding steroid dienone is 2. The number of ketones is 4. The Morgan fingerprint density at radius 2 is 1.58 bits per heavy atom. The van der Waals surface area contributed by atoms with Gasteiger partial charge in [0.25, 0.3) is 0 Å². The fourth-order valence-electron chi connectivity index (χ4n) is 14.7. The van der Waals surface area contributed by atoms with Crippen LogP contribution in [0.5, 0.6) is 0 Å². The van der Waals surface area contributed by atoms with Crippen LogP contribution in [0.15, 0.2) is 23.3 Å². The lowest BCUT2D eigenvalue weighted by atomic mass is 9.38. The van der Waals surface area contributed by atoms with Crippen LogP contribution in [-0.2, 0) is 19.2 Å². The van der Waals surface area contributed by atoms with Gasteiger partial charge in [-0.25, -0.2) is 0 Å². The van der Waals surface area contributed by atoms with Crippen LogP contribution in [0.25, 0.3) is 0 Å². The molecule has 0 bridgehead atoms. The van der Waals surface area contributed by atoms with Crippen molar-refractivity contribution in [3.8, 4) is 0 Å². The van der Waals surface area contributed by atoms with Gasteiger partial charge in [-0.1, -0.05) is 18.1 Å². The van der Waals surface area contributed by atoms with Crippen molar-refractivity contribution in [2.75, 3.05) is 0 Å². The Labute approximate surface area is 266 Å². The Hall–Kier alpha value is -1.92. The van der Waals surface area contributed by atoms with Crippen molar-refractivity contribution >= 4 is 23.1 Å². The zero-order valence-electron chi connectivity index (χ0n) is 26.8. The molecule has 0 saturated heterocycles. The number of carbonyl (C=O) groups excluding carboxylic acids is 4. The van der Waals surface area contributed by atoms with E-state index in [2.05, 4.69) is 6.92 Å². The molecule has 0 radical (unpaired) electrons. The monoisotopic (exact) mass is 614 g/mol. The molecule has 1 spiro atoms. The summed E-state index contributed by atoms with van der Waals surface area (Å²) in [5.74, 6) is 2.82. The molecule has 14 atom stereocenters. The smallest absolute Gasteiger partial charge is 0.165 e. The summed E-state index contributed by atoms with van der Waals surface area (Å²) >= 11 is 0. The molecule has 7 saturated carbocycles. The van der Waals surface area contributed by atoms with Crippen LogP contribution in [0.3, 0.4) is 0 Å². The molecule has 2 N–H and O–H groups in total. The Balaban J connectivity index is 0.953. The van der Waals surface area contributed by atoms with Crippen molar-refractivity contribution in [2.24, 2.45) is 70.0 Å². The number of rotatable bonds is 3. The second-order valence-corrected chi connectivity index (χ2v) is 17.5. The summed E-state index contributed by atoms with van der Waals surface area (Å²) in [5, 5.41) is 24.1. The fourth-order valence-corrected chi connectivity index (χ4v) is 14.7. The third-order valence-electron chi connectivity index (χ3n) is 16.4. The highest BCUT2D eigenvalue weighted by Crippen LogP contribution is 2.74. The van der Waals surface area contributed by atoms with E-state index in [0.717, 1.165) is 70.6 Å². The maximum absolute atomic E-state index is 14.3. The predicted molar refractivity (Wildman–Crippen MR) is 166 cm³/mol. The van der Waals surface area contributed by atoms with Gasteiger partial charge in [0.1, 0.15) is 11.4 Å². The third-order valence-corrected chi connectivity index (χ3v) is 16.4. The molecule has 10 unspecified atom stereocenters. The van der Waals surface area contributed by atoms with Crippen LogP contribution in [0.2, 0.25) is 0 Å². The zero-order chi connectivity index (χ0) is 31.0. The van der Waals surface area contributed by atoms with E-state index < -0.39 is 11.7 Å². The van der Waals surface area contributed by atoms with Crippen LogP contribution in [-0.4, -0.2) is 45.1 Å². The second kappa shape index (κ2) is 9.81. The van der Waals surface area contributed by atoms with Gasteiger partial charge in [0, 0.05) is 31.1 Å². The summed E-state index contributed by atoms with van der Waals surface area (Å²) in [5.41, 5.74) is 0.756. The molecule has 0 aromatic rings. The van der Waals surface area contributed by atoms with E-state index in [9.17, 15) is 29.4 Å². The average molecular weight is 615 g/mol. The van der Waals surface area contributed by atoms with E-state index in [4.69, 9.17) is 0 Å². The van der Waals surface area contributed by atoms with Crippen molar-refractivity contribution in [1.82, 2.24) is 0 Å². The predicted octanol–water partition coefficient (Wildman–Crippen LogP) is 5.73. The van der Waals surface area contributed by atoms with E-state index in [1.54, 1.807) is 0 Å². The molecule has 9 aliphatic rings. The molecule has 6 heteroatoms. The lowest BCUT2D eigenvalue weighted by molar-refractivity contribution is -0.197. The number of fused-ring (bicyclic) bond motifs is 9. The number of Topliss-reactive ketones (excluding diaryl/α,β-unsaturated/α-hetero) is 2. The second-order valence-electron chi connectivity index (χ2n) is 17.5. The van der Waals surface area contributed by atoms with Crippen LogP contribution in [0, 0.1) is 70.0 Å². The normalized spacial score (nSPS) is 53.0. The van der Waals surface area contributed by atoms with E-state index in [1.165, 1.54) is 11.1 Å². The number of aliphatic hydroxyl groups is 2. The first-order chi connectivity index (χ1) is 21.6. The van der Waals surface area contributed by atoms with Crippen molar-refractivity contribution in [3.05, 3.63) is 23.3 Å². The Morgan fingerprint density at radius 3 is 2.42 bits per heavy atom. The zero-order valence-corrected chi connectivity index (χ0v) is 26.8. The highest BCUT2D eigenvalue weighted by Gasteiger charge is 2.74. The van der Waals surface area contributed by atoms with Gasteiger partial charge in [0.15, 0.2) is 17.3 Å². The first kappa shape index (κ1) is 29.2. The van der Waals surface area contributed by atoms with Gasteiger partial charge in [0.2, 0.25) is 0 Å². The molecule has 9 aliphatic carbocycles. The molecule has 242 valence electrons. The van der Waals surface area contributed by atoms with Gasteiger partial charge in [-0.15, -0.1) is 0 Å². The van der Waals surface area contributed by atoms with Gasteiger partial charge >= 0.3 is 0 Å². The SMILES string of the molecule is C[C@]12CCC(=O)C=C1CCC1C3CCC4C(=O)C(CC(=O)[C@@]5(O)CCC6C7CCC8=CC(=O)CCC8C7CCC65)[C@@]43C[C@H](O)C12. The van der Waals surface area contributed by atoms with Gasteiger partial charge < -0.3 is 10.2 Å². The summed E-state index contributed by atoms with van der Waals surface area (Å²) in [6.07, 6.45) is 15.9. The van der Waals surface area contributed by atoms with E-state index >= 15 is 0 Å². The number of hydrogen-bond acceptors (Lipinski definition) is 6. The van der Waals surface area contributed by atoms with E-state index in [1.807, 2.05) is 12.2 Å². The molecule has 0 aromatic heterocycles. The van der Waals surface area contributed by atoms with Crippen molar-refractivity contribution in [1.29, 1.82) is 0 Å². The molecular formula is C39H50O6. The molecule has 6 nitrogen and oxygen atoms in total. The van der Waals surface area contributed by atoms with Gasteiger partial charge in [-0.05, 0) is 154 Å². The van der Waals surface area contributed by atoms with Crippen molar-refractivity contribution < 1.29 is 29.4 Å². The van der Waals surface area contributed by atoms with Crippen molar-refractivity contribution in [3.63, 3.8) is 0 Å². The van der Waals surface area contributed by atoms with Crippen LogP contribution in [0.4, 0.5) is 0 Å². The quantitative estimate of drug-likeness (QED) is 0.421. The number of carbonyl (C=O) groups is 4. The third kappa shape index (κ3) is 3.76. The largest absolute Gasteiger partial charge is 0.393 e. The molecule has 0 aliphatic heterocycles. The summed E-state index contributed by atoms with van der Waals surface area (Å²) in [6, 6.07) is 0. The van der Waals surface area contributed by atoms with Crippen molar-refractivity contribution in [2.45, 2.75) is 121 Å². The summed E-state index contributed by atoms with van der Waals surface area (Å²) in [4.78, 5) is 52.5. The maximum atomic E-state index is 14.3. The fraction of sp³-hybridized carbons (Fsp3) is 0.795. The average Bonchev–Trinajstić information content (AvgIpc) is 3.56. The first-order valence-corrected chi connectivity index (χ1v) is 18.5. The van der Waals surface area contributed by atoms with Gasteiger partial charge in [-0.3, -0.25) is 19.2 Å². The maximum Gasteiger partial charge on any atom is 0.165 e. The molecule has 7 fully saturated rings. The minimum absolute atomic E-state index is 0.0244. The summed E-state index contributed by atoms with van der Waals surface area (Å²) < 4.78 is 0. The first-order valence-electron chi connectivity index (χ1n) is 18.5. The van der Waals surface area contributed by atoms with E-state index in [0.29, 0.717) is 61.2 Å². The molecule has 0 amide bonds. The Morgan fingerprint density at radius 1 is 0.800 bits per heavy atom. The Kier molecular flexibility index (Phi) is 6.37. The number of aliphatic hydroxyl groups excluding tert-OH is 1. The highest BCUT2D eigenvalue weighted by atomic mass is 16.3.